The van der Waals surface area contributed by atoms with E-state index in [2.05, 4.69) is 5.32 Å². The van der Waals surface area contributed by atoms with Crippen molar-refractivity contribution in [3.8, 4) is 0 Å². The maximum Gasteiger partial charge on any atom is 0.253 e. The molecule has 1 aromatic carbocycles. The lowest BCUT2D eigenvalue weighted by Gasteiger charge is -2.24. The van der Waals surface area contributed by atoms with Crippen molar-refractivity contribution in [3.63, 3.8) is 0 Å². The van der Waals surface area contributed by atoms with Crippen LogP contribution in [-0.2, 0) is 9.53 Å². The molecule has 1 atom stereocenters. The quantitative estimate of drug-likeness (QED) is 0.832. The fraction of sp³-hybridized carbons (Fsp3) is 0.429. The first-order valence-electron chi connectivity index (χ1n) is 6.07. The van der Waals surface area contributed by atoms with Gasteiger partial charge in [0, 0.05) is 11.3 Å². The van der Waals surface area contributed by atoms with Crippen molar-refractivity contribution in [1.82, 2.24) is 0 Å². The highest BCUT2D eigenvalue weighted by atomic mass is 32.1. The standard InChI is InChI=1S/C14H20N2O2S/c1-9(18-14(2,3)4)13(17)16-11-7-5-6-10(8-11)12(15)19/h5-9H,1-4H3,(H2,15,19)(H,16,17). The van der Waals surface area contributed by atoms with Crippen LogP contribution < -0.4 is 11.1 Å². The van der Waals surface area contributed by atoms with E-state index in [4.69, 9.17) is 22.7 Å². The van der Waals surface area contributed by atoms with Gasteiger partial charge in [-0.3, -0.25) is 4.79 Å². The number of thiocarbonyl (C=S) groups is 1. The minimum Gasteiger partial charge on any atom is -0.389 e. The van der Waals surface area contributed by atoms with Gasteiger partial charge in [-0.25, -0.2) is 0 Å². The molecule has 1 unspecified atom stereocenters. The average Bonchev–Trinajstić information content (AvgIpc) is 2.27. The molecule has 1 rings (SSSR count). The van der Waals surface area contributed by atoms with Crippen LogP contribution in [-0.4, -0.2) is 22.6 Å². The predicted molar refractivity (Wildman–Crippen MR) is 81.3 cm³/mol. The van der Waals surface area contributed by atoms with Gasteiger partial charge in [0.15, 0.2) is 0 Å². The van der Waals surface area contributed by atoms with Crippen molar-refractivity contribution in [3.05, 3.63) is 29.8 Å². The van der Waals surface area contributed by atoms with E-state index in [1.165, 1.54) is 0 Å². The van der Waals surface area contributed by atoms with E-state index in [0.717, 1.165) is 5.56 Å². The van der Waals surface area contributed by atoms with Crippen LogP contribution in [0, 0.1) is 0 Å². The summed E-state index contributed by atoms with van der Waals surface area (Å²) < 4.78 is 5.59. The highest BCUT2D eigenvalue weighted by Crippen LogP contribution is 2.14. The lowest BCUT2D eigenvalue weighted by Crippen LogP contribution is -2.34. The van der Waals surface area contributed by atoms with E-state index in [-0.39, 0.29) is 11.5 Å². The van der Waals surface area contributed by atoms with E-state index in [9.17, 15) is 4.79 Å². The van der Waals surface area contributed by atoms with Gasteiger partial charge in [-0.15, -0.1) is 0 Å². The fourth-order valence-electron chi connectivity index (χ4n) is 1.58. The first-order chi connectivity index (χ1) is 8.69. The summed E-state index contributed by atoms with van der Waals surface area (Å²) in [5.74, 6) is -0.199. The normalized spacial score (nSPS) is 12.8. The molecule has 0 aliphatic carbocycles. The summed E-state index contributed by atoms with van der Waals surface area (Å²) in [5, 5.41) is 2.78. The maximum absolute atomic E-state index is 12.0. The Balaban J connectivity index is 2.71. The first-order valence-corrected chi connectivity index (χ1v) is 6.48. The third kappa shape index (κ3) is 5.36. The van der Waals surface area contributed by atoms with Crippen molar-refractivity contribution < 1.29 is 9.53 Å². The number of nitrogens with one attached hydrogen (secondary N) is 1. The van der Waals surface area contributed by atoms with Crippen LogP contribution in [0.1, 0.15) is 33.3 Å². The lowest BCUT2D eigenvalue weighted by atomic mass is 10.1. The van der Waals surface area contributed by atoms with Gasteiger partial charge < -0.3 is 15.8 Å². The van der Waals surface area contributed by atoms with Gasteiger partial charge in [0.25, 0.3) is 5.91 Å². The summed E-state index contributed by atoms with van der Waals surface area (Å²) in [6, 6.07) is 7.11. The topological polar surface area (TPSA) is 64.3 Å². The molecule has 0 aliphatic rings. The molecule has 4 nitrogen and oxygen atoms in total. The number of carbonyl (C=O) groups is 1. The van der Waals surface area contributed by atoms with Crippen LogP contribution in [0.5, 0.6) is 0 Å². The van der Waals surface area contributed by atoms with E-state index in [1.54, 1.807) is 31.2 Å². The van der Waals surface area contributed by atoms with Crippen LogP contribution in [0.3, 0.4) is 0 Å². The van der Waals surface area contributed by atoms with E-state index in [1.807, 2.05) is 20.8 Å². The van der Waals surface area contributed by atoms with Gasteiger partial charge in [-0.05, 0) is 39.8 Å². The lowest BCUT2D eigenvalue weighted by molar-refractivity contribution is -0.135. The maximum atomic E-state index is 12.0. The Labute approximate surface area is 119 Å². The van der Waals surface area contributed by atoms with E-state index in [0.29, 0.717) is 10.7 Å². The smallest absolute Gasteiger partial charge is 0.253 e. The number of hydrogen-bond donors (Lipinski definition) is 2. The van der Waals surface area contributed by atoms with Crippen molar-refractivity contribution in [2.45, 2.75) is 39.4 Å². The third-order valence-electron chi connectivity index (χ3n) is 2.31. The molecule has 1 amide bonds. The molecule has 0 aliphatic heterocycles. The summed E-state index contributed by atoms with van der Waals surface area (Å²) in [4.78, 5) is 12.3. The third-order valence-corrected chi connectivity index (χ3v) is 2.55. The second-order valence-corrected chi connectivity index (χ2v) is 5.75. The SMILES string of the molecule is CC(OC(C)(C)C)C(=O)Nc1cccc(C(N)=S)c1. The monoisotopic (exact) mass is 280 g/mol. The zero-order valence-electron chi connectivity index (χ0n) is 11.7. The molecule has 3 N–H and O–H groups in total. The molecule has 0 saturated heterocycles. The van der Waals surface area contributed by atoms with E-state index < -0.39 is 6.10 Å². The van der Waals surface area contributed by atoms with Gasteiger partial charge in [-0.1, -0.05) is 24.4 Å². The van der Waals surface area contributed by atoms with Gasteiger partial charge in [0.1, 0.15) is 11.1 Å². The first kappa shape index (κ1) is 15.6. The molecule has 0 fully saturated rings. The molecule has 0 aromatic heterocycles. The molecular formula is C14H20N2O2S. The van der Waals surface area contributed by atoms with Crippen molar-refractivity contribution in [1.29, 1.82) is 0 Å². The summed E-state index contributed by atoms with van der Waals surface area (Å²) in [6.07, 6.45) is -0.534. The molecule has 1 aromatic rings. The summed E-state index contributed by atoms with van der Waals surface area (Å²) in [5.41, 5.74) is 6.56. The number of ether oxygens (including phenoxy) is 1. The van der Waals surface area contributed by atoms with Gasteiger partial charge in [0.05, 0.1) is 5.60 Å². The molecule has 104 valence electrons. The minimum absolute atomic E-state index is 0.199. The van der Waals surface area contributed by atoms with Crippen LogP contribution in [0.4, 0.5) is 5.69 Å². The molecule has 0 saturated carbocycles. The summed E-state index contributed by atoms with van der Waals surface area (Å²) >= 11 is 4.90. The Bertz CT molecular complexity index is 481. The number of amides is 1. The van der Waals surface area contributed by atoms with Crippen LogP contribution in [0.15, 0.2) is 24.3 Å². The minimum atomic E-state index is -0.534. The molecule has 0 radical (unpaired) electrons. The highest BCUT2D eigenvalue weighted by Gasteiger charge is 2.21. The second-order valence-electron chi connectivity index (χ2n) is 5.31. The molecule has 5 heteroatoms. The zero-order chi connectivity index (χ0) is 14.6. The Hall–Kier alpha value is -1.46. The number of benzene rings is 1. The fourth-order valence-corrected chi connectivity index (χ4v) is 1.70. The highest BCUT2D eigenvalue weighted by molar-refractivity contribution is 7.80. The molecule has 0 bridgehead atoms. The largest absolute Gasteiger partial charge is 0.389 e. The van der Waals surface area contributed by atoms with Crippen molar-refractivity contribution in [2.24, 2.45) is 5.73 Å². The Morgan fingerprint density at radius 1 is 1.42 bits per heavy atom. The van der Waals surface area contributed by atoms with Crippen LogP contribution >= 0.6 is 12.2 Å². The summed E-state index contributed by atoms with van der Waals surface area (Å²) in [6.45, 7) is 7.44. The Morgan fingerprint density at radius 3 is 2.58 bits per heavy atom. The van der Waals surface area contributed by atoms with Gasteiger partial charge in [0.2, 0.25) is 0 Å². The molecule has 0 heterocycles. The van der Waals surface area contributed by atoms with Crippen LogP contribution in [0.25, 0.3) is 0 Å². The predicted octanol–water partition coefficient (Wildman–Crippen LogP) is 2.46. The molecule has 19 heavy (non-hydrogen) atoms. The summed E-state index contributed by atoms with van der Waals surface area (Å²) in [7, 11) is 0. The molecule has 0 spiro atoms. The van der Waals surface area contributed by atoms with Gasteiger partial charge in [-0.2, -0.15) is 0 Å². The zero-order valence-corrected chi connectivity index (χ0v) is 12.5. The second kappa shape index (κ2) is 6.12. The Morgan fingerprint density at radius 2 is 2.05 bits per heavy atom. The van der Waals surface area contributed by atoms with Gasteiger partial charge >= 0.3 is 0 Å². The van der Waals surface area contributed by atoms with Crippen molar-refractivity contribution >= 4 is 28.8 Å². The molecular weight excluding hydrogens is 260 g/mol. The number of nitrogens with two attached hydrogens (primary N) is 1. The number of carbonyl (C=O) groups excluding carboxylic acids is 1. The average molecular weight is 280 g/mol. The van der Waals surface area contributed by atoms with E-state index >= 15 is 0 Å². The number of rotatable bonds is 4. The van der Waals surface area contributed by atoms with Crippen LogP contribution in [0.2, 0.25) is 0 Å². The number of hydrogen-bond acceptors (Lipinski definition) is 3. The van der Waals surface area contributed by atoms with Crippen molar-refractivity contribution in [2.75, 3.05) is 5.32 Å². The Kier molecular flexibility index (Phi) is 5.03. The number of anilines is 1.